The number of amides is 1. The third kappa shape index (κ3) is 5.69. The molecule has 30 heavy (non-hydrogen) atoms. The average molecular weight is 440 g/mol. The first-order valence-electron chi connectivity index (χ1n) is 9.19. The van der Waals surface area contributed by atoms with E-state index in [1.54, 1.807) is 0 Å². The highest BCUT2D eigenvalue weighted by Gasteiger charge is 2.50. The molecule has 0 radical (unpaired) electrons. The van der Waals surface area contributed by atoms with Crippen molar-refractivity contribution in [2.75, 3.05) is 13.2 Å². The number of pyridine rings is 1. The van der Waals surface area contributed by atoms with Crippen LogP contribution in [-0.2, 0) is 24.8 Å². The summed E-state index contributed by atoms with van der Waals surface area (Å²) in [5.74, 6) is -0.710. The molecule has 11 heteroatoms. The molecule has 3 unspecified atom stereocenters. The van der Waals surface area contributed by atoms with Gasteiger partial charge in [0.25, 0.3) is 20.0 Å². The lowest BCUT2D eigenvalue weighted by Crippen LogP contribution is -2.45. The Balaban J connectivity index is 1.54. The van der Waals surface area contributed by atoms with Crippen LogP contribution in [0.4, 0.5) is 4.39 Å². The third-order valence-corrected chi connectivity index (χ3v) is 5.54. The van der Waals surface area contributed by atoms with Crippen molar-refractivity contribution in [1.29, 1.82) is 0 Å². The van der Waals surface area contributed by atoms with Crippen molar-refractivity contribution < 1.29 is 42.1 Å². The van der Waals surface area contributed by atoms with Gasteiger partial charge in [0.05, 0.1) is 13.2 Å². The first-order chi connectivity index (χ1) is 14.3. The molecule has 2 aromatic rings. The lowest BCUT2D eigenvalue weighted by atomic mass is 10.1. The van der Waals surface area contributed by atoms with Gasteiger partial charge >= 0.3 is 0 Å². The van der Waals surface area contributed by atoms with Crippen molar-refractivity contribution in [3.8, 4) is 0 Å². The molecule has 1 aromatic carbocycles. The van der Waals surface area contributed by atoms with Gasteiger partial charge in [-0.1, -0.05) is 30.3 Å². The molecule has 3 rings (SSSR count). The van der Waals surface area contributed by atoms with Gasteiger partial charge in [-0.3, -0.25) is 9.36 Å². The maximum atomic E-state index is 14.5. The van der Waals surface area contributed by atoms with Crippen LogP contribution in [0.5, 0.6) is 0 Å². The second-order valence-corrected chi connectivity index (χ2v) is 8.13. The second-order valence-electron chi connectivity index (χ2n) is 6.72. The van der Waals surface area contributed by atoms with Gasteiger partial charge in [-0.25, -0.2) is 4.39 Å². The zero-order valence-corrected chi connectivity index (χ0v) is 16.8. The lowest BCUT2D eigenvalue weighted by Gasteiger charge is -2.24. The number of aliphatic hydroxyl groups excluding tert-OH is 1. The van der Waals surface area contributed by atoms with Crippen molar-refractivity contribution in [3.63, 3.8) is 0 Å². The minimum Gasteiger partial charge on any atom is -0.756 e. The quantitative estimate of drug-likeness (QED) is 0.426. The summed E-state index contributed by atoms with van der Waals surface area (Å²) in [4.78, 5) is 23.2. The number of aliphatic hydroxyl groups is 1. The Morgan fingerprint density at radius 2 is 2.00 bits per heavy atom. The highest BCUT2D eigenvalue weighted by atomic mass is 31.2. The number of benzene rings is 1. The maximum absolute atomic E-state index is 14.5. The summed E-state index contributed by atoms with van der Waals surface area (Å²) in [5.41, 5.74) is 6.22. The van der Waals surface area contributed by atoms with Crippen molar-refractivity contribution >= 4 is 13.7 Å². The van der Waals surface area contributed by atoms with Crippen LogP contribution < -0.4 is 15.2 Å². The number of carbonyl (C=O) groups excluding carboxylic acids is 1. The van der Waals surface area contributed by atoms with Gasteiger partial charge < -0.3 is 29.5 Å². The van der Waals surface area contributed by atoms with Gasteiger partial charge in [-0.2, -0.15) is 4.57 Å². The van der Waals surface area contributed by atoms with Crippen molar-refractivity contribution in [1.82, 2.24) is 0 Å². The summed E-state index contributed by atoms with van der Waals surface area (Å²) in [5, 5.41) is 10.1. The number of carbonyl (C=O) groups is 1. The third-order valence-electron chi connectivity index (χ3n) is 4.57. The number of nitrogens with two attached hydrogens (primary N) is 1. The molecule has 1 aliphatic heterocycles. The first-order valence-corrected chi connectivity index (χ1v) is 10.6. The van der Waals surface area contributed by atoms with Crippen LogP contribution in [-0.4, -0.2) is 42.6 Å². The minimum absolute atomic E-state index is 0.122. The highest BCUT2D eigenvalue weighted by Crippen LogP contribution is 2.40. The molecular weight excluding hydrogens is 418 g/mol. The van der Waals surface area contributed by atoms with E-state index in [-0.39, 0.29) is 12.2 Å². The Kier molecular flexibility index (Phi) is 7.30. The Bertz CT molecular complexity index is 917. The summed E-state index contributed by atoms with van der Waals surface area (Å²) >= 11 is 0. The van der Waals surface area contributed by atoms with Crippen LogP contribution in [0, 0.1) is 0 Å². The topological polar surface area (TPSA) is 135 Å². The summed E-state index contributed by atoms with van der Waals surface area (Å²) in [7, 11) is -4.67. The predicted octanol–water partition coefficient (Wildman–Crippen LogP) is 0.414. The van der Waals surface area contributed by atoms with Crippen molar-refractivity contribution in [2.45, 2.75) is 31.0 Å². The standard InChI is InChI=1S/C19H22FN2O7P/c20-16-17(23)15(29-19(16)22-9-4-7-14(11-22)18(21)24)12-28-30(25,26)27-10-8-13-5-2-1-3-6-13/h1-7,9,11,15-17,19,23H,8,10,12H2,(H2-,21,24,25,26)/t15?,16-,17-,19?/m0/s1. The Morgan fingerprint density at radius 1 is 1.27 bits per heavy atom. The fourth-order valence-corrected chi connectivity index (χ4v) is 3.72. The van der Waals surface area contributed by atoms with E-state index < -0.39 is 44.9 Å². The van der Waals surface area contributed by atoms with E-state index in [9.17, 15) is 23.7 Å². The zero-order valence-electron chi connectivity index (χ0n) is 15.9. The molecule has 2 heterocycles. The second kappa shape index (κ2) is 9.74. The number of nitrogens with zero attached hydrogens (tertiary/aromatic N) is 1. The van der Waals surface area contributed by atoms with Crippen LogP contribution in [0.2, 0.25) is 0 Å². The summed E-state index contributed by atoms with van der Waals surface area (Å²) < 4.78 is 42.7. The van der Waals surface area contributed by atoms with Crippen LogP contribution in [0.1, 0.15) is 22.1 Å². The van der Waals surface area contributed by atoms with E-state index >= 15 is 0 Å². The minimum atomic E-state index is -4.67. The monoisotopic (exact) mass is 440 g/mol. The van der Waals surface area contributed by atoms with Crippen LogP contribution in [0.15, 0.2) is 54.9 Å². The number of hydrogen-bond acceptors (Lipinski definition) is 7. The molecule has 1 saturated heterocycles. The van der Waals surface area contributed by atoms with E-state index in [4.69, 9.17) is 19.5 Å². The number of ether oxygens (including phenoxy) is 1. The number of phosphoric ester groups is 1. The Labute approximate surface area is 172 Å². The maximum Gasteiger partial charge on any atom is 0.297 e. The normalized spacial score (nSPS) is 25.7. The van der Waals surface area contributed by atoms with E-state index in [2.05, 4.69) is 0 Å². The SMILES string of the molecule is NC(=O)c1ccc[n+](C2OC(COP(=O)([O-])OCCc3ccccc3)[C@H](O)[C@@H]2F)c1. The Morgan fingerprint density at radius 3 is 2.70 bits per heavy atom. The van der Waals surface area contributed by atoms with Crippen LogP contribution in [0.3, 0.4) is 0 Å². The molecule has 5 atom stereocenters. The van der Waals surface area contributed by atoms with Crippen LogP contribution >= 0.6 is 7.82 Å². The first kappa shape index (κ1) is 22.5. The molecule has 3 N–H and O–H groups in total. The molecule has 0 aliphatic carbocycles. The molecule has 1 aliphatic rings. The summed E-state index contributed by atoms with van der Waals surface area (Å²) in [6, 6.07) is 12.1. The van der Waals surface area contributed by atoms with E-state index in [1.165, 1.54) is 29.1 Å². The largest absolute Gasteiger partial charge is 0.756 e. The van der Waals surface area contributed by atoms with Gasteiger partial charge in [0.15, 0.2) is 12.4 Å². The summed E-state index contributed by atoms with van der Waals surface area (Å²) in [6.45, 7) is -0.747. The van der Waals surface area contributed by atoms with Gasteiger partial charge in [0.1, 0.15) is 17.8 Å². The van der Waals surface area contributed by atoms with Crippen molar-refractivity contribution in [2.24, 2.45) is 5.73 Å². The highest BCUT2D eigenvalue weighted by molar-refractivity contribution is 7.45. The fraction of sp³-hybridized carbons (Fsp3) is 0.368. The fourth-order valence-electron chi connectivity index (χ4n) is 3.00. The molecule has 0 bridgehead atoms. The van der Waals surface area contributed by atoms with Gasteiger partial charge in [-0.15, -0.1) is 0 Å². The number of alkyl halides is 1. The zero-order chi connectivity index (χ0) is 21.7. The average Bonchev–Trinajstić information content (AvgIpc) is 3.01. The van der Waals surface area contributed by atoms with Gasteiger partial charge in [-0.05, 0) is 18.1 Å². The molecular formula is C19H22FN2O7P. The van der Waals surface area contributed by atoms with E-state index in [0.29, 0.717) is 6.42 Å². The molecule has 0 spiro atoms. The van der Waals surface area contributed by atoms with Crippen LogP contribution in [0.25, 0.3) is 0 Å². The van der Waals surface area contributed by atoms with Crippen molar-refractivity contribution in [3.05, 3.63) is 66.0 Å². The number of primary amides is 1. The summed E-state index contributed by atoms with van der Waals surface area (Å²) in [6.07, 6.45) is -2.97. The number of rotatable bonds is 9. The number of halogens is 1. The smallest absolute Gasteiger partial charge is 0.297 e. The number of aromatic nitrogens is 1. The molecule has 1 fully saturated rings. The lowest BCUT2D eigenvalue weighted by molar-refractivity contribution is -0.764. The molecule has 162 valence electrons. The Hall–Kier alpha value is -2.20. The van der Waals surface area contributed by atoms with Gasteiger partial charge in [0.2, 0.25) is 6.17 Å². The van der Waals surface area contributed by atoms with E-state index in [0.717, 1.165) is 5.56 Å². The number of phosphoric acid groups is 1. The predicted molar refractivity (Wildman–Crippen MR) is 99.6 cm³/mol. The molecule has 0 saturated carbocycles. The van der Waals surface area contributed by atoms with Gasteiger partial charge in [0, 0.05) is 6.07 Å². The number of hydrogen-bond donors (Lipinski definition) is 2. The molecule has 1 amide bonds. The van der Waals surface area contributed by atoms with E-state index in [1.807, 2.05) is 30.3 Å². The molecule has 9 nitrogen and oxygen atoms in total. The molecule has 1 aromatic heterocycles.